The molecule has 1 aromatic rings. The summed E-state index contributed by atoms with van der Waals surface area (Å²) in [5.74, 6) is -6.62. The van der Waals surface area contributed by atoms with E-state index in [1.165, 1.54) is 12.5 Å². The molecule has 1 heterocycles. The van der Waals surface area contributed by atoms with E-state index in [0.29, 0.717) is 12.1 Å². The molecule has 0 saturated carbocycles. The smallest absolute Gasteiger partial charge is 0.326 e. The molecule has 0 spiro atoms. The van der Waals surface area contributed by atoms with Gasteiger partial charge in [-0.2, -0.15) is 0 Å². The van der Waals surface area contributed by atoms with Gasteiger partial charge in [-0.1, -0.05) is 20.3 Å². The van der Waals surface area contributed by atoms with E-state index in [0.717, 1.165) is 0 Å². The van der Waals surface area contributed by atoms with Gasteiger partial charge in [-0.15, -0.1) is 0 Å². The Bertz CT molecular complexity index is 937. The van der Waals surface area contributed by atoms with Crippen molar-refractivity contribution in [3.63, 3.8) is 0 Å². The van der Waals surface area contributed by atoms with Crippen LogP contribution in [0.2, 0.25) is 0 Å². The number of amides is 4. The lowest BCUT2D eigenvalue weighted by Crippen LogP contribution is -2.59. The zero-order valence-corrected chi connectivity index (χ0v) is 20.0. The number of H-pyrrole nitrogens is 1. The number of aromatic amines is 1. The molecule has 15 heteroatoms. The van der Waals surface area contributed by atoms with Gasteiger partial charge in [0.15, 0.2) is 0 Å². The summed E-state index contributed by atoms with van der Waals surface area (Å²) in [6.07, 6.45) is 1.93. The zero-order chi connectivity index (χ0) is 27.4. The van der Waals surface area contributed by atoms with Crippen LogP contribution in [-0.2, 0) is 35.2 Å². The number of hydrogen-bond acceptors (Lipinski definition) is 8. The Hall–Kier alpha value is -4.01. The summed E-state index contributed by atoms with van der Waals surface area (Å²) in [5.41, 5.74) is 11.5. The molecule has 0 radical (unpaired) electrons. The molecule has 200 valence electrons. The van der Waals surface area contributed by atoms with Crippen LogP contribution in [0.5, 0.6) is 0 Å². The van der Waals surface area contributed by atoms with E-state index in [4.69, 9.17) is 16.6 Å². The number of nitrogens with one attached hydrogen (secondary N) is 4. The van der Waals surface area contributed by atoms with E-state index in [1.54, 1.807) is 13.8 Å². The number of carboxylic acids is 2. The third-order valence-electron chi connectivity index (χ3n) is 5.42. The minimum Gasteiger partial charge on any atom is -0.481 e. The maximum Gasteiger partial charge on any atom is 0.326 e. The number of rotatable bonds is 16. The highest BCUT2D eigenvalue weighted by Gasteiger charge is 2.33. The van der Waals surface area contributed by atoms with E-state index in [-0.39, 0.29) is 12.8 Å². The second kappa shape index (κ2) is 14.4. The Morgan fingerprint density at radius 1 is 1.03 bits per heavy atom. The number of aliphatic carboxylic acids is 2. The lowest BCUT2D eigenvalue weighted by molar-refractivity contribution is -0.144. The van der Waals surface area contributed by atoms with E-state index in [2.05, 4.69) is 25.9 Å². The SMILES string of the molecule is CCC(C)C(NC(=O)C(CCC(=O)O)NC(=O)C(N)Cc1cnc[nH]1)C(=O)NC(CC(N)=O)C(=O)O. The Kier molecular flexibility index (Phi) is 12.0. The number of nitrogens with zero attached hydrogens (tertiary/aromatic N) is 1. The van der Waals surface area contributed by atoms with Gasteiger partial charge in [0, 0.05) is 24.7 Å². The van der Waals surface area contributed by atoms with Crippen molar-refractivity contribution in [1.29, 1.82) is 0 Å². The van der Waals surface area contributed by atoms with E-state index in [9.17, 15) is 33.9 Å². The molecule has 10 N–H and O–H groups in total. The molecule has 0 aliphatic rings. The molecule has 15 nitrogen and oxygen atoms in total. The minimum absolute atomic E-state index is 0.0768. The first kappa shape index (κ1) is 30.0. The summed E-state index contributed by atoms with van der Waals surface area (Å²) in [5, 5.41) is 25.3. The number of hydrogen-bond donors (Lipinski definition) is 8. The van der Waals surface area contributed by atoms with Crippen LogP contribution < -0.4 is 27.4 Å². The van der Waals surface area contributed by atoms with Gasteiger partial charge in [-0.05, 0) is 12.3 Å². The number of nitrogens with two attached hydrogens (primary N) is 2. The first-order chi connectivity index (χ1) is 16.8. The van der Waals surface area contributed by atoms with Crippen LogP contribution in [-0.4, -0.2) is 79.9 Å². The standard InChI is InChI=1S/C21H33N7O8/c1-3-10(2)17(20(34)27-14(21(35)36)7-15(23)29)28-19(33)13(4-5-16(30)31)26-18(32)12(22)6-11-8-24-9-25-11/h8-10,12-14,17H,3-7,22H2,1-2H3,(H2,23,29)(H,24,25)(H,26,32)(H,27,34)(H,28,33)(H,30,31)(H,35,36). The summed E-state index contributed by atoms with van der Waals surface area (Å²) in [6.45, 7) is 3.35. The van der Waals surface area contributed by atoms with Crippen molar-refractivity contribution in [3.8, 4) is 0 Å². The summed E-state index contributed by atoms with van der Waals surface area (Å²) in [4.78, 5) is 78.6. The van der Waals surface area contributed by atoms with Crippen molar-refractivity contribution < 1.29 is 39.0 Å². The Labute approximate surface area is 206 Å². The summed E-state index contributed by atoms with van der Waals surface area (Å²) in [6, 6.07) is -5.28. The van der Waals surface area contributed by atoms with Crippen molar-refractivity contribution in [2.24, 2.45) is 17.4 Å². The van der Waals surface area contributed by atoms with Crippen molar-refractivity contribution in [1.82, 2.24) is 25.9 Å². The largest absolute Gasteiger partial charge is 0.481 e. The number of carboxylic acid groups (broad SMARTS) is 2. The maximum absolute atomic E-state index is 13.0. The number of carbonyl (C=O) groups excluding carboxylic acids is 4. The van der Waals surface area contributed by atoms with Crippen LogP contribution in [0.15, 0.2) is 12.5 Å². The maximum atomic E-state index is 13.0. The van der Waals surface area contributed by atoms with Crippen LogP contribution in [0.25, 0.3) is 0 Å². The predicted molar refractivity (Wildman–Crippen MR) is 124 cm³/mol. The molecule has 1 aromatic heterocycles. The van der Waals surface area contributed by atoms with E-state index in [1.807, 2.05) is 0 Å². The van der Waals surface area contributed by atoms with Crippen LogP contribution in [0, 0.1) is 5.92 Å². The minimum atomic E-state index is -1.61. The van der Waals surface area contributed by atoms with Crippen molar-refractivity contribution in [2.45, 2.75) is 70.1 Å². The Morgan fingerprint density at radius 3 is 2.17 bits per heavy atom. The van der Waals surface area contributed by atoms with Gasteiger partial charge in [-0.3, -0.25) is 24.0 Å². The molecule has 1 rings (SSSR count). The molecule has 5 unspecified atom stereocenters. The second-order valence-corrected chi connectivity index (χ2v) is 8.32. The molecule has 0 aromatic carbocycles. The Balaban J connectivity index is 3.01. The summed E-state index contributed by atoms with van der Waals surface area (Å²) >= 11 is 0. The van der Waals surface area contributed by atoms with E-state index < -0.39 is 78.5 Å². The van der Waals surface area contributed by atoms with Gasteiger partial charge in [0.25, 0.3) is 0 Å². The average molecular weight is 512 g/mol. The van der Waals surface area contributed by atoms with Gasteiger partial charge in [0.1, 0.15) is 18.1 Å². The molecule has 36 heavy (non-hydrogen) atoms. The predicted octanol–water partition coefficient (Wildman–Crippen LogP) is -2.40. The third kappa shape index (κ3) is 10.1. The van der Waals surface area contributed by atoms with Gasteiger partial charge in [0.05, 0.1) is 18.8 Å². The fourth-order valence-electron chi connectivity index (χ4n) is 3.16. The molecule has 4 amide bonds. The van der Waals surface area contributed by atoms with Gasteiger partial charge < -0.3 is 42.6 Å². The van der Waals surface area contributed by atoms with Gasteiger partial charge >= 0.3 is 11.9 Å². The van der Waals surface area contributed by atoms with Crippen LogP contribution in [0.1, 0.15) is 45.2 Å². The second-order valence-electron chi connectivity index (χ2n) is 8.32. The fraction of sp³-hybridized carbons (Fsp3) is 0.571. The first-order valence-corrected chi connectivity index (χ1v) is 11.2. The number of aromatic nitrogens is 2. The van der Waals surface area contributed by atoms with Crippen molar-refractivity contribution in [3.05, 3.63) is 18.2 Å². The highest BCUT2D eigenvalue weighted by molar-refractivity contribution is 5.95. The van der Waals surface area contributed by atoms with Crippen molar-refractivity contribution >= 4 is 35.6 Å². The fourth-order valence-corrected chi connectivity index (χ4v) is 3.16. The molecule has 0 saturated heterocycles. The normalized spacial score (nSPS) is 15.0. The molecular weight excluding hydrogens is 478 g/mol. The van der Waals surface area contributed by atoms with Crippen molar-refractivity contribution in [2.75, 3.05) is 0 Å². The average Bonchev–Trinajstić information content (AvgIpc) is 3.31. The third-order valence-corrected chi connectivity index (χ3v) is 5.42. The first-order valence-electron chi connectivity index (χ1n) is 11.2. The Morgan fingerprint density at radius 2 is 1.67 bits per heavy atom. The van der Waals surface area contributed by atoms with Crippen LogP contribution in [0.3, 0.4) is 0 Å². The molecule has 0 aliphatic heterocycles. The topological polar surface area (TPSA) is 260 Å². The zero-order valence-electron chi connectivity index (χ0n) is 20.0. The highest BCUT2D eigenvalue weighted by Crippen LogP contribution is 2.11. The number of carbonyl (C=O) groups is 6. The molecule has 0 aliphatic carbocycles. The van der Waals surface area contributed by atoms with E-state index >= 15 is 0 Å². The molecule has 0 fully saturated rings. The summed E-state index contributed by atoms with van der Waals surface area (Å²) < 4.78 is 0. The quantitative estimate of drug-likeness (QED) is 0.117. The lowest BCUT2D eigenvalue weighted by Gasteiger charge is -2.28. The summed E-state index contributed by atoms with van der Waals surface area (Å²) in [7, 11) is 0. The monoisotopic (exact) mass is 511 g/mol. The van der Waals surface area contributed by atoms with Crippen LogP contribution in [0.4, 0.5) is 0 Å². The van der Waals surface area contributed by atoms with Gasteiger partial charge in [-0.25, -0.2) is 9.78 Å². The molecule has 5 atom stereocenters. The molecular formula is C21H33N7O8. The number of imidazole rings is 1. The molecule has 0 bridgehead atoms. The lowest BCUT2D eigenvalue weighted by atomic mass is 9.97. The highest BCUT2D eigenvalue weighted by atomic mass is 16.4. The van der Waals surface area contributed by atoms with Crippen LogP contribution >= 0.6 is 0 Å². The number of primary amides is 1. The van der Waals surface area contributed by atoms with Gasteiger partial charge in [0.2, 0.25) is 23.6 Å².